The SMILES string of the molecule is COc1ccc(C(=O)NNC(=O)CSc2ncnc3sc(C)c(C)c23)cc1OC. The van der Waals surface area contributed by atoms with E-state index in [1.54, 1.807) is 23.5 Å². The van der Waals surface area contributed by atoms with E-state index in [1.807, 2.05) is 13.8 Å². The number of methoxy groups -OCH3 is 2. The number of aromatic nitrogens is 2. The highest BCUT2D eigenvalue weighted by Crippen LogP contribution is 2.34. The first kappa shape index (κ1) is 20.9. The van der Waals surface area contributed by atoms with Crippen LogP contribution in [0.1, 0.15) is 20.8 Å². The van der Waals surface area contributed by atoms with Gasteiger partial charge in [0.2, 0.25) is 5.91 Å². The van der Waals surface area contributed by atoms with Crippen molar-refractivity contribution in [3.05, 3.63) is 40.5 Å². The van der Waals surface area contributed by atoms with E-state index >= 15 is 0 Å². The molecule has 8 nitrogen and oxygen atoms in total. The lowest BCUT2D eigenvalue weighted by atomic mass is 10.2. The van der Waals surface area contributed by atoms with E-state index in [2.05, 4.69) is 20.8 Å². The Kier molecular flexibility index (Phi) is 6.55. The molecule has 3 aromatic rings. The lowest BCUT2D eigenvalue weighted by Crippen LogP contribution is -2.42. The van der Waals surface area contributed by atoms with Gasteiger partial charge < -0.3 is 9.47 Å². The number of amides is 2. The van der Waals surface area contributed by atoms with Gasteiger partial charge in [0.1, 0.15) is 16.2 Å². The molecule has 0 aliphatic heterocycles. The number of thiophene rings is 1. The molecule has 1 aromatic carbocycles. The summed E-state index contributed by atoms with van der Waals surface area (Å²) in [6.07, 6.45) is 1.50. The third-order valence-corrected chi connectivity index (χ3v) is 6.34. The molecule has 0 bridgehead atoms. The number of hydrogen-bond donors (Lipinski definition) is 2. The molecule has 10 heteroatoms. The molecule has 0 fully saturated rings. The van der Waals surface area contributed by atoms with Crippen molar-refractivity contribution >= 4 is 45.1 Å². The summed E-state index contributed by atoms with van der Waals surface area (Å²) in [6.45, 7) is 4.05. The van der Waals surface area contributed by atoms with Crippen molar-refractivity contribution in [2.45, 2.75) is 18.9 Å². The van der Waals surface area contributed by atoms with Gasteiger partial charge in [0, 0.05) is 15.8 Å². The fourth-order valence-corrected chi connectivity index (χ4v) is 4.52. The lowest BCUT2D eigenvalue weighted by molar-refractivity contribution is -0.119. The number of thioether (sulfide) groups is 1. The van der Waals surface area contributed by atoms with Crippen molar-refractivity contribution < 1.29 is 19.1 Å². The van der Waals surface area contributed by atoms with Crippen molar-refractivity contribution in [1.82, 2.24) is 20.8 Å². The van der Waals surface area contributed by atoms with Gasteiger partial charge in [0.25, 0.3) is 5.91 Å². The van der Waals surface area contributed by atoms with Gasteiger partial charge in [-0.1, -0.05) is 11.8 Å². The standard InChI is InChI=1S/C19H20N4O4S2/c1-10-11(2)29-19-16(10)18(20-9-21-19)28-8-15(24)22-23-17(25)12-5-6-13(26-3)14(7-12)27-4/h5-7,9H,8H2,1-4H3,(H,22,24)(H,23,25). The zero-order chi connectivity index (χ0) is 21.0. The zero-order valence-electron chi connectivity index (χ0n) is 16.4. The first-order valence-electron chi connectivity index (χ1n) is 8.59. The Hall–Kier alpha value is -2.85. The predicted molar refractivity (Wildman–Crippen MR) is 113 cm³/mol. The van der Waals surface area contributed by atoms with Crippen LogP contribution < -0.4 is 20.3 Å². The van der Waals surface area contributed by atoms with E-state index in [-0.39, 0.29) is 11.7 Å². The summed E-state index contributed by atoms with van der Waals surface area (Å²) < 4.78 is 10.3. The van der Waals surface area contributed by atoms with E-state index in [4.69, 9.17) is 9.47 Å². The van der Waals surface area contributed by atoms with E-state index in [0.29, 0.717) is 17.1 Å². The molecule has 2 aromatic heterocycles. The van der Waals surface area contributed by atoms with Gasteiger partial charge in [-0.25, -0.2) is 9.97 Å². The molecule has 0 spiro atoms. The van der Waals surface area contributed by atoms with Gasteiger partial charge in [0.05, 0.1) is 20.0 Å². The van der Waals surface area contributed by atoms with E-state index < -0.39 is 5.91 Å². The summed E-state index contributed by atoms with van der Waals surface area (Å²) in [5.41, 5.74) is 6.26. The second kappa shape index (κ2) is 9.10. The van der Waals surface area contributed by atoms with Crippen LogP contribution in [0, 0.1) is 13.8 Å². The number of hydrogen-bond acceptors (Lipinski definition) is 8. The molecule has 0 unspecified atom stereocenters. The first-order chi connectivity index (χ1) is 13.9. The number of carbonyl (C=O) groups excluding carboxylic acids is 2. The van der Waals surface area contributed by atoms with Crippen LogP contribution >= 0.6 is 23.1 Å². The molecule has 2 amide bonds. The zero-order valence-corrected chi connectivity index (χ0v) is 18.0. The van der Waals surface area contributed by atoms with Crippen molar-refractivity contribution in [2.75, 3.05) is 20.0 Å². The summed E-state index contributed by atoms with van der Waals surface area (Å²) >= 11 is 2.90. The van der Waals surface area contributed by atoms with Crippen LogP contribution in [0.5, 0.6) is 11.5 Å². The molecule has 152 valence electrons. The summed E-state index contributed by atoms with van der Waals surface area (Å²) in [7, 11) is 3.00. The lowest BCUT2D eigenvalue weighted by Gasteiger charge is -2.10. The van der Waals surface area contributed by atoms with E-state index in [9.17, 15) is 9.59 Å². The van der Waals surface area contributed by atoms with Gasteiger partial charge in [0.15, 0.2) is 11.5 Å². The minimum atomic E-state index is -0.460. The highest BCUT2D eigenvalue weighted by atomic mass is 32.2. The van der Waals surface area contributed by atoms with Crippen LogP contribution in [-0.2, 0) is 4.79 Å². The number of carbonyl (C=O) groups is 2. The monoisotopic (exact) mass is 432 g/mol. The van der Waals surface area contributed by atoms with Crippen molar-refractivity contribution in [2.24, 2.45) is 0 Å². The van der Waals surface area contributed by atoms with Gasteiger partial charge in [-0.3, -0.25) is 20.4 Å². The minimum Gasteiger partial charge on any atom is -0.493 e. The van der Waals surface area contributed by atoms with Gasteiger partial charge >= 0.3 is 0 Å². The summed E-state index contributed by atoms with van der Waals surface area (Å²) in [6, 6.07) is 4.74. The Bertz CT molecular complexity index is 1070. The van der Waals surface area contributed by atoms with E-state index in [0.717, 1.165) is 20.8 Å². The Morgan fingerprint density at radius 2 is 1.86 bits per heavy atom. The Balaban J connectivity index is 1.59. The minimum absolute atomic E-state index is 0.104. The highest BCUT2D eigenvalue weighted by molar-refractivity contribution is 8.00. The Morgan fingerprint density at radius 1 is 1.10 bits per heavy atom. The third kappa shape index (κ3) is 4.60. The van der Waals surface area contributed by atoms with Crippen LogP contribution in [0.4, 0.5) is 0 Å². The molecular formula is C19H20N4O4S2. The number of ether oxygens (including phenoxy) is 2. The fourth-order valence-electron chi connectivity index (χ4n) is 2.61. The largest absolute Gasteiger partial charge is 0.493 e. The number of aryl methyl sites for hydroxylation is 2. The first-order valence-corrected chi connectivity index (χ1v) is 10.4. The quantitative estimate of drug-likeness (QED) is 0.351. The molecule has 2 N–H and O–H groups in total. The molecule has 0 saturated heterocycles. The van der Waals surface area contributed by atoms with Gasteiger partial charge in [-0.05, 0) is 37.6 Å². The van der Waals surface area contributed by atoms with Crippen molar-refractivity contribution in [1.29, 1.82) is 0 Å². The maximum Gasteiger partial charge on any atom is 0.269 e. The Labute approximate surface area is 176 Å². The van der Waals surface area contributed by atoms with Crippen LogP contribution in [0.3, 0.4) is 0 Å². The molecular weight excluding hydrogens is 412 g/mol. The average Bonchev–Trinajstić information content (AvgIpc) is 3.04. The molecule has 0 radical (unpaired) electrons. The number of hydrazine groups is 1. The average molecular weight is 433 g/mol. The second-order valence-electron chi connectivity index (χ2n) is 6.00. The topological polar surface area (TPSA) is 102 Å². The molecule has 3 rings (SSSR count). The second-order valence-corrected chi connectivity index (χ2v) is 8.17. The third-order valence-electron chi connectivity index (χ3n) is 4.23. The number of benzene rings is 1. The summed E-state index contributed by atoms with van der Waals surface area (Å²) in [4.78, 5) is 35.1. The van der Waals surface area contributed by atoms with Crippen LogP contribution in [-0.4, -0.2) is 41.8 Å². The normalized spacial score (nSPS) is 10.6. The Morgan fingerprint density at radius 3 is 2.59 bits per heavy atom. The van der Waals surface area contributed by atoms with Crippen LogP contribution in [0.25, 0.3) is 10.2 Å². The highest BCUT2D eigenvalue weighted by Gasteiger charge is 2.15. The van der Waals surface area contributed by atoms with Crippen LogP contribution in [0.2, 0.25) is 0 Å². The van der Waals surface area contributed by atoms with Crippen molar-refractivity contribution in [3.8, 4) is 11.5 Å². The van der Waals surface area contributed by atoms with Gasteiger partial charge in [-0.2, -0.15) is 0 Å². The molecule has 0 aliphatic carbocycles. The maximum atomic E-state index is 12.3. The molecule has 0 aliphatic rings. The number of nitrogens with one attached hydrogen (secondary N) is 2. The maximum absolute atomic E-state index is 12.3. The van der Waals surface area contributed by atoms with Crippen molar-refractivity contribution in [3.63, 3.8) is 0 Å². The molecule has 29 heavy (non-hydrogen) atoms. The predicted octanol–water partition coefficient (Wildman–Crippen LogP) is 2.88. The molecule has 0 saturated carbocycles. The van der Waals surface area contributed by atoms with E-state index in [1.165, 1.54) is 43.3 Å². The number of nitrogens with zero attached hydrogens (tertiary/aromatic N) is 2. The summed E-state index contributed by atoms with van der Waals surface area (Å²) in [5, 5.41) is 1.72. The smallest absolute Gasteiger partial charge is 0.269 e. The summed E-state index contributed by atoms with van der Waals surface area (Å²) in [5.74, 6) is 0.237. The number of rotatable bonds is 6. The number of fused-ring (bicyclic) bond motifs is 1. The molecule has 2 heterocycles. The molecule has 0 atom stereocenters. The van der Waals surface area contributed by atoms with Gasteiger partial charge in [-0.15, -0.1) is 11.3 Å². The van der Waals surface area contributed by atoms with Crippen LogP contribution in [0.15, 0.2) is 29.6 Å². The fraction of sp³-hybridized carbons (Fsp3) is 0.263.